The fourth-order valence-corrected chi connectivity index (χ4v) is 1.42. The summed E-state index contributed by atoms with van der Waals surface area (Å²) < 4.78 is 0. The Morgan fingerprint density at radius 1 is 1.60 bits per heavy atom. The fourth-order valence-electron chi connectivity index (χ4n) is 1.42. The molecule has 1 aromatic heterocycles. The number of aliphatic hydroxyl groups is 1. The van der Waals surface area contributed by atoms with E-state index >= 15 is 0 Å². The van der Waals surface area contributed by atoms with Crippen molar-refractivity contribution in [3.63, 3.8) is 0 Å². The molecule has 0 spiro atoms. The molecule has 84 valence electrons. The first-order valence-corrected chi connectivity index (χ1v) is 5.03. The summed E-state index contributed by atoms with van der Waals surface area (Å²) in [5.74, 6) is -0.181. The summed E-state index contributed by atoms with van der Waals surface area (Å²) in [6.07, 6.45) is 0.707. The Bertz CT molecular complexity index is 323. The number of carbonyl (C=O) groups excluding carboxylic acids is 1. The third-order valence-corrected chi connectivity index (χ3v) is 2.40. The quantitative estimate of drug-likeness (QED) is 0.679. The van der Waals surface area contributed by atoms with E-state index in [2.05, 4.69) is 15.5 Å². The Morgan fingerprint density at radius 3 is 2.67 bits per heavy atom. The van der Waals surface area contributed by atoms with Gasteiger partial charge in [0.15, 0.2) is 0 Å². The van der Waals surface area contributed by atoms with Crippen LogP contribution in [0.25, 0.3) is 0 Å². The molecular weight excluding hydrogens is 194 g/mol. The maximum atomic E-state index is 11.8. The molecule has 0 bridgehead atoms. The van der Waals surface area contributed by atoms with Crippen molar-refractivity contribution in [3.05, 3.63) is 17.0 Å². The first kappa shape index (κ1) is 11.7. The summed E-state index contributed by atoms with van der Waals surface area (Å²) in [6, 6.07) is -0.189. The highest BCUT2D eigenvalue weighted by atomic mass is 16.3. The number of aryl methyl sites for hydroxylation is 2. The highest BCUT2D eigenvalue weighted by Crippen LogP contribution is 2.09. The number of nitrogens with zero attached hydrogens (tertiary/aromatic N) is 1. The van der Waals surface area contributed by atoms with Crippen molar-refractivity contribution in [2.24, 2.45) is 0 Å². The lowest BCUT2D eigenvalue weighted by Gasteiger charge is -2.13. The minimum absolute atomic E-state index is 0.0435. The van der Waals surface area contributed by atoms with Crippen molar-refractivity contribution >= 4 is 5.91 Å². The average molecular weight is 211 g/mol. The minimum Gasteiger partial charge on any atom is -0.394 e. The molecule has 1 atom stereocenters. The first-order valence-electron chi connectivity index (χ1n) is 5.03. The van der Waals surface area contributed by atoms with Crippen LogP contribution in [0.4, 0.5) is 0 Å². The Morgan fingerprint density at radius 2 is 2.27 bits per heavy atom. The second-order valence-electron chi connectivity index (χ2n) is 3.57. The van der Waals surface area contributed by atoms with Crippen LogP contribution in [0.15, 0.2) is 0 Å². The number of amides is 1. The van der Waals surface area contributed by atoms with Gasteiger partial charge in [-0.1, -0.05) is 6.92 Å². The van der Waals surface area contributed by atoms with Gasteiger partial charge in [-0.25, -0.2) is 0 Å². The molecule has 0 saturated carbocycles. The molecule has 0 aliphatic rings. The Balaban J connectivity index is 2.77. The molecule has 1 rings (SSSR count). The van der Waals surface area contributed by atoms with Crippen molar-refractivity contribution in [3.8, 4) is 0 Å². The summed E-state index contributed by atoms with van der Waals surface area (Å²) in [6.45, 7) is 5.45. The van der Waals surface area contributed by atoms with Gasteiger partial charge in [-0.2, -0.15) is 5.10 Å². The maximum Gasteiger partial charge on any atom is 0.255 e. The number of aliphatic hydroxyl groups excluding tert-OH is 1. The molecule has 1 amide bonds. The van der Waals surface area contributed by atoms with Crippen LogP contribution in [0.2, 0.25) is 0 Å². The molecule has 5 nitrogen and oxygen atoms in total. The van der Waals surface area contributed by atoms with Gasteiger partial charge in [0.2, 0.25) is 0 Å². The standard InChI is InChI=1S/C10H17N3O2/c1-4-8(5-14)11-10(15)9-6(2)12-13-7(9)3/h8,14H,4-5H2,1-3H3,(H,11,15)(H,12,13)/t8-/m0/s1. The minimum atomic E-state index is -0.189. The molecule has 0 aliphatic heterocycles. The van der Waals surface area contributed by atoms with Gasteiger partial charge >= 0.3 is 0 Å². The topological polar surface area (TPSA) is 78.0 Å². The second-order valence-corrected chi connectivity index (χ2v) is 3.57. The molecule has 0 aliphatic carbocycles. The summed E-state index contributed by atoms with van der Waals surface area (Å²) in [5.41, 5.74) is 2.00. The number of hydrogen-bond acceptors (Lipinski definition) is 3. The normalized spacial score (nSPS) is 12.5. The van der Waals surface area contributed by atoms with Crippen molar-refractivity contribution < 1.29 is 9.90 Å². The van der Waals surface area contributed by atoms with Crippen LogP contribution in [-0.4, -0.2) is 33.9 Å². The lowest BCUT2D eigenvalue weighted by atomic mass is 10.1. The molecule has 0 fully saturated rings. The van der Waals surface area contributed by atoms with Crippen molar-refractivity contribution in [1.82, 2.24) is 15.5 Å². The van der Waals surface area contributed by atoms with Crippen molar-refractivity contribution in [1.29, 1.82) is 0 Å². The van der Waals surface area contributed by atoms with E-state index in [1.807, 2.05) is 6.92 Å². The molecule has 0 saturated heterocycles. The molecule has 15 heavy (non-hydrogen) atoms. The summed E-state index contributed by atoms with van der Waals surface area (Å²) in [5, 5.41) is 18.4. The first-order chi connectivity index (χ1) is 7.10. The van der Waals surface area contributed by atoms with Gasteiger partial charge in [-0.3, -0.25) is 9.89 Å². The average Bonchev–Trinajstić information content (AvgIpc) is 2.55. The number of aromatic nitrogens is 2. The lowest BCUT2D eigenvalue weighted by molar-refractivity contribution is 0.0914. The molecule has 0 unspecified atom stereocenters. The van der Waals surface area contributed by atoms with Gasteiger partial charge in [-0.05, 0) is 20.3 Å². The smallest absolute Gasteiger partial charge is 0.255 e. The van der Waals surface area contributed by atoms with Gasteiger partial charge in [0.1, 0.15) is 0 Å². The molecule has 5 heteroatoms. The van der Waals surface area contributed by atoms with Crippen molar-refractivity contribution in [2.75, 3.05) is 6.61 Å². The zero-order valence-electron chi connectivity index (χ0n) is 9.29. The van der Waals surface area contributed by atoms with Crippen LogP contribution in [0.1, 0.15) is 35.1 Å². The molecule has 0 aromatic carbocycles. The SMILES string of the molecule is CC[C@@H](CO)NC(=O)c1c(C)n[nH]c1C. The van der Waals surface area contributed by atoms with E-state index < -0.39 is 0 Å². The van der Waals surface area contributed by atoms with E-state index in [9.17, 15) is 4.79 Å². The lowest BCUT2D eigenvalue weighted by Crippen LogP contribution is -2.37. The maximum absolute atomic E-state index is 11.8. The molecule has 0 radical (unpaired) electrons. The van der Waals surface area contributed by atoms with Crippen LogP contribution < -0.4 is 5.32 Å². The van der Waals surface area contributed by atoms with Crippen molar-refractivity contribution in [2.45, 2.75) is 33.2 Å². The Hall–Kier alpha value is -1.36. The van der Waals surface area contributed by atoms with Crippen LogP contribution in [0.5, 0.6) is 0 Å². The number of rotatable bonds is 4. The summed E-state index contributed by atoms with van der Waals surface area (Å²) >= 11 is 0. The zero-order valence-corrected chi connectivity index (χ0v) is 9.29. The molecular formula is C10H17N3O2. The monoisotopic (exact) mass is 211 g/mol. The highest BCUT2D eigenvalue weighted by Gasteiger charge is 2.17. The van der Waals surface area contributed by atoms with Crippen LogP contribution in [0, 0.1) is 13.8 Å². The zero-order chi connectivity index (χ0) is 11.4. The van der Waals surface area contributed by atoms with Crippen LogP contribution in [-0.2, 0) is 0 Å². The van der Waals surface area contributed by atoms with Gasteiger partial charge in [0.25, 0.3) is 5.91 Å². The third kappa shape index (κ3) is 2.56. The largest absolute Gasteiger partial charge is 0.394 e. The number of H-pyrrole nitrogens is 1. The van der Waals surface area contributed by atoms with E-state index in [1.54, 1.807) is 13.8 Å². The van der Waals surface area contributed by atoms with E-state index in [-0.39, 0.29) is 18.6 Å². The molecule has 1 heterocycles. The van der Waals surface area contributed by atoms with E-state index in [0.717, 1.165) is 5.69 Å². The fraction of sp³-hybridized carbons (Fsp3) is 0.600. The van der Waals surface area contributed by atoms with Crippen LogP contribution in [0.3, 0.4) is 0 Å². The summed E-state index contributed by atoms with van der Waals surface area (Å²) in [4.78, 5) is 11.8. The number of carbonyl (C=O) groups is 1. The predicted molar refractivity (Wildman–Crippen MR) is 56.7 cm³/mol. The highest BCUT2D eigenvalue weighted by molar-refractivity contribution is 5.96. The molecule has 3 N–H and O–H groups in total. The second kappa shape index (κ2) is 4.93. The van der Waals surface area contributed by atoms with Gasteiger partial charge in [0.05, 0.1) is 23.9 Å². The van der Waals surface area contributed by atoms with E-state index in [0.29, 0.717) is 17.7 Å². The van der Waals surface area contributed by atoms with Gasteiger partial charge in [0, 0.05) is 5.69 Å². The van der Waals surface area contributed by atoms with Crippen LogP contribution >= 0.6 is 0 Å². The number of aromatic amines is 1. The van der Waals surface area contributed by atoms with Gasteiger partial charge in [-0.15, -0.1) is 0 Å². The Kier molecular flexibility index (Phi) is 3.85. The summed E-state index contributed by atoms with van der Waals surface area (Å²) in [7, 11) is 0. The molecule has 1 aromatic rings. The predicted octanol–water partition coefficient (Wildman–Crippen LogP) is 0.527. The third-order valence-electron chi connectivity index (χ3n) is 2.40. The number of nitrogens with one attached hydrogen (secondary N) is 2. The Labute approximate surface area is 88.9 Å². The van der Waals surface area contributed by atoms with E-state index in [4.69, 9.17) is 5.11 Å². The number of hydrogen-bond donors (Lipinski definition) is 3. The van der Waals surface area contributed by atoms with Gasteiger partial charge < -0.3 is 10.4 Å². The van der Waals surface area contributed by atoms with E-state index in [1.165, 1.54) is 0 Å².